The molecule has 5 heteroatoms. The van der Waals surface area contributed by atoms with Gasteiger partial charge in [0.2, 0.25) is 0 Å². The Kier molecular flexibility index (Phi) is 7.09. The molecule has 1 fully saturated rings. The molecular formula is C19H29N3O2. The molecule has 0 radical (unpaired) electrons. The highest BCUT2D eigenvalue weighted by atomic mass is 16.5. The van der Waals surface area contributed by atoms with Crippen LogP contribution in [0.25, 0.3) is 0 Å². The highest BCUT2D eigenvalue weighted by Crippen LogP contribution is 2.18. The van der Waals surface area contributed by atoms with E-state index in [1.807, 2.05) is 14.0 Å². The lowest BCUT2D eigenvalue weighted by atomic mass is 9.97. The molecule has 0 aliphatic carbocycles. The molecule has 0 saturated carbocycles. The maximum absolute atomic E-state index is 11.8. The Morgan fingerprint density at radius 2 is 2.12 bits per heavy atom. The van der Waals surface area contributed by atoms with Gasteiger partial charge in [-0.15, -0.1) is 0 Å². The largest absolute Gasteiger partial charge is 0.466 e. The number of benzene rings is 1. The van der Waals surface area contributed by atoms with Crippen LogP contribution in [0.4, 0.5) is 0 Å². The molecule has 0 amide bonds. The molecule has 0 spiro atoms. The van der Waals surface area contributed by atoms with E-state index in [4.69, 9.17) is 4.74 Å². The number of likely N-dealkylation sites (tertiary alicyclic amines) is 1. The van der Waals surface area contributed by atoms with Gasteiger partial charge in [0.05, 0.1) is 12.5 Å². The van der Waals surface area contributed by atoms with Gasteiger partial charge in [-0.3, -0.25) is 9.79 Å². The SMILES string of the molecule is CCOC(=O)C1CCN(C(=NC)NCCc2cccc(C)c2)CC1. The Hall–Kier alpha value is -2.04. The molecule has 0 unspecified atom stereocenters. The third-order valence-corrected chi connectivity index (χ3v) is 4.41. The van der Waals surface area contributed by atoms with Crippen LogP contribution in [0, 0.1) is 12.8 Å². The van der Waals surface area contributed by atoms with Gasteiger partial charge >= 0.3 is 5.97 Å². The van der Waals surface area contributed by atoms with Crippen LogP contribution in [-0.2, 0) is 16.0 Å². The standard InChI is InChI=1S/C19H29N3O2/c1-4-24-18(23)17-9-12-22(13-10-17)19(20-3)21-11-8-16-7-5-6-15(2)14-16/h5-7,14,17H,4,8-13H2,1-3H3,(H,20,21). The Labute approximate surface area is 145 Å². The average Bonchev–Trinajstić information content (AvgIpc) is 2.59. The van der Waals surface area contributed by atoms with Gasteiger partial charge in [-0.1, -0.05) is 29.8 Å². The van der Waals surface area contributed by atoms with E-state index < -0.39 is 0 Å². The van der Waals surface area contributed by atoms with Crippen LogP contribution in [0.1, 0.15) is 30.9 Å². The molecular weight excluding hydrogens is 302 g/mol. The minimum absolute atomic E-state index is 0.0339. The van der Waals surface area contributed by atoms with Crippen molar-refractivity contribution in [2.45, 2.75) is 33.1 Å². The second-order valence-corrected chi connectivity index (χ2v) is 6.23. The summed E-state index contributed by atoms with van der Waals surface area (Å²) in [7, 11) is 1.81. The van der Waals surface area contributed by atoms with Gasteiger partial charge in [0.25, 0.3) is 0 Å². The second kappa shape index (κ2) is 9.30. The zero-order valence-electron chi connectivity index (χ0n) is 15.0. The summed E-state index contributed by atoms with van der Waals surface area (Å²) in [5.41, 5.74) is 2.62. The van der Waals surface area contributed by atoms with Gasteiger partial charge in [0.1, 0.15) is 0 Å². The van der Waals surface area contributed by atoms with Crippen molar-refractivity contribution in [2.75, 3.05) is 33.3 Å². The van der Waals surface area contributed by atoms with Crippen molar-refractivity contribution in [3.05, 3.63) is 35.4 Å². The zero-order valence-corrected chi connectivity index (χ0v) is 15.0. The number of nitrogens with zero attached hydrogens (tertiary/aromatic N) is 2. The number of aliphatic imine (C=N–C) groups is 1. The summed E-state index contributed by atoms with van der Waals surface area (Å²) in [5.74, 6) is 0.899. The maximum Gasteiger partial charge on any atom is 0.309 e. The fourth-order valence-corrected chi connectivity index (χ4v) is 3.11. The molecule has 0 bridgehead atoms. The summed E-state index contributed by atoms with van der Waals surface area (Å²) < 4.78 is 5.12. The lowest BCUT2D eigenvalue weighted by molar-refractivity contribution is -0.149. The quantitative estimate of drug-likeness (QED) is 0.511. The maximum atomic E-state index is 11.8. The van der Waals surface area contributed by atoms with Gasteiger partial charge in [0, 0.05) is 26.7 Å². The predicted octanol–water partition coefficient (Wildman–Crippen LogP) is 2.39. The number of hydrogen-bond donors (Lipinski definition) is 1. The predicted molar refractivity (Wildman–Crippen MR) is 97.2 cm³/mol. The number of guanidine groups is 1. The van der Waals surface area contributed by atoms with Crippen LogP contribution in [0.2, 0.25) is 0 Å². The number of esters is 1. The van der Waals surface area contributed by atoms with E-state index in [1.54, 1.807) is 0 Å². The number of aryl methyl sites for hydroxylation is 1. The first-order valence-electron chi connectivity index (χ1n) is 8.81. The number of nitrogens with one attached hydrogen (secondary N) is 1. The van der Waals surface area contributed by atoms with Crippen LogP contribution in [0.3, 0.4) is 0 Å². The van der Waals surface area contributed by atoms with Gasteiger partial charge in [0.15, 0.2) is 5.96 Å². The highest BCUT2D eigenvalue weighted by molar-refractivity contribution is 5.80. The first-order chi connectivity index (χ1) is 11.6. The minimum Gasteiger partial charge on any atom is -0.466 e. The van der Waals surface area contributed by atoms with Crippen molar-refractivity contribution < 1.29 is 9.53 Å². The first-order valence-corrected chi connectivity index (χ1v) is 8.81. The summed E-state index contributed by atoms with van der Waals surface area (Å²) in [6.07, 6.45) is 2.63. The van der Waals surface area contributed by atoms with E-state index in [9.17, 15) is 4.79 Å². The molecule has 0 aromatic heterocycles. The van der Waals surface area contributed by atoms with Crippen LogP contribution in [0.15, 0.2) is 29.3 Å². The molecule has 5 nitrogen and oxygen atoms in total. The van der Waals surface area contributed by atoms with E-state index in [0.717, 1.165) is 44.9 Å². The van der Waals surface area contributed by atoms with Crippen LogP contribution >= 0.6 is 0 Å². The average molecular weight is 331 g/mol. The Morgan fingerprint density at radius 1 is 1.38 bits per heavy atom. The van der Waals surface area contributed by atoms with Gasteiger partial charge in [-0.2, -0.15) is 0 Å². The van der Waals surface area contributed by atoms with Crippen molar-refractivity contribution in [2.24, 2.45) is 10.9 Å². The third-order valence-electron chi connectivity index (χ3n) is 4.41. The summed E-state index contributed by atoms with van der Waals surface area (Å²) in [5, 5.41) is 3.44. The fraction of sp³-hybridized carbons (Fsp3) is 0.579. The van der Waals surface area contributed by atoms with Crippen molar-refractivity contribution in [1.29, 1.82) is 0 Å². The van der Waals surface area contributed by atoms with Gasteiger partial charge in [-0.25, -0.2) is 0 Å². The Morgan fingerprint density at radius 3 is 2.75 bits per heavy atom. The molecule has 132 valence electrons. The van der Waals surface area contributed by atoms with E-state index in [-0.39, 0.29) is 11.9 Å². The first kappa shape index (κ1) is 18.3. The van der Waals surface area contributed by atoms with E-state index in [2.05, 4.69) is 46.4 Å². The van der Waals surface area contributed by atoms with Gasteiger partial charge < -0.3 is 15.0 Å². The monoisotopic (exact) mass is 331 g/mol. The molecule has 1 N–H and O–H groups in total. The smallest absolute Gasteiger partial charge is 0.309 e. The number of carbonyl (C=O) groups excluding carboxylic acids is 1. The van der Waals surface area contributed by atoms with Crippen LogP contribution in [0.5, 0.6) is 0 Å². The summed E-state index contributed by atoms with van der Waals surface area (Å²) >= 11 is 0. The third kappa shape index (κ3) is 5.25. The normalized spacial score (nSPS) is 16.1. The van der Waals surface area contributed by atoms with Crippen LogP contribution in [-0.4, -0.2) is 50.1 Å². The minimum atomic E-state index is -0.0560. The lowest BCUT2D eigenvalue weighted by Gasteiger charge is -2.33. The number of hydrogen-bond acceptors (Lipinski definition) is 3. The van der Waals surface area contributed by atoms with Crippen molar-refractivity contribution in [3.8, 4) is 0 Å². The lowest BCUT2D eigenvalue weighted by Crippen LogP contribution is -2.47. The van der Waals surface area contributed by atoms with E-state index in [1.165, 1.54) is 11.1 Å². The number of rotatable bonds is 5. The van der Waals surface area contributed by atoms with Crippen molar-refractivity contribution in [3.63, 3.8) is 0 Å². The zero-order chi connectivity index (χ0) is 17.4. The molecule has 1 aliphatic rings. The molecule has 0 atom stereocenters. The number of piperidine rings is 1. The van der Waals surface area contributed by atoms with Crippen LogP contribution < -0.4 is 5.32 Å². The molecule has 24 heavy (non-hydrogen) atoms. The molecule has 1 heterocycles. The van der Waals surface area contributed by atoms with Gasteiger partial charge in [-0.05, 0) is 38.7 Å². The fourth-order valence-electron chi connectivity index (χ4n) is 3.11. The summed E-state index contributed by atoms with van der Waals surface area (Å²) in [6.45, 7) is 6.97. The van der Waals surface area contributed by atoms with E-state index in [0.29, 0.717) is 6.61 Å². The number of ether oxygens (including phenoxy) is 1. The molecule has 1 aromatic rings. The Bertz CT molecular complexity index is 563. The van der Waals surface area contributed by atoms with Crippen molar-refractivity contribution in [1.82, 2.24) is 10.2 Å². The summed E-state index contributed by atoms with van der Waals surface area (Å²) in [6, 6.07) is 8.58. The molecule has 1 saturated heterocycles. The molecule has 2 rings (SSSR count). The number of carbonyl (C=O) groups is 1. The molecule has 1 aliphatic heterocycles. The topological polar surface area (TPSA) is 53.9 Å². The molecule has 1 aromatic carbocycles. The van der Waals surface area contributed by atoms with Crippen molar-refractivity contribution >= 4 is 11.9 Å². The summed E-state index contributed by atoms with van der Waals surface area (Å²) in [4.78, 5) is 18.4. The second-order valence-electron chi connectivity index (χ2n) is 6.23. The highest BCUT2D eigenvalue weighted by Gasteiger charge is 2.27. The Balaban J connectivity index is 1.77. The van der Waals surface area contributed by atoms with E-state index >= 15 is 0 Å².